The van der Waals surface area contributed by atoms with Gasteiger partial charge in [0.2, 0.25) is 0 Å². The first-order valence-electron chi connectivity index (χ1n) is 7.09. The predicted molar refractivity (Wildman–Crippen MR) is 91.0 cm³/mol. The Morgan fingerprint density at radius 1 is 0.909 bits per heavy atom. The highest BCUT2D eigenvalue weighted by molar-refractivity contribution is 5.57. The Morgan fingerprint density at radius 3 is 1.95 bits per heavy atom. The molecule has 0 aliphatic heterocycles. The minimum atomic E-state index is -0.309. The molecule has 0 saturated heterocycles. The lowest BCUT2D eigenvalue weighted by atomic mass is 10.0. The molecule has 0 aromatic heterocycles. The van der Waals surface area contributed by atoms with Crippen LogP contribution in [-0.2, 0) is 6.42 Å². The molecular weight excluding hydrogens is 278 g/mol. The molecule has 0 radical (unpaired) electrons. The summed E-state index contributed by atoms with van der Waals surface area (Å²) in [6, 6.07) is 13.5. The Kier molecular flexibility index (Phi) is 4.65. The molecule has 0 atom stereocenters. The minimum absolute atomic E-state index is 0.169. The van der Waals surface area contributed by atoms with Crippen LogP contribution in [0.2, 0.25) is 0 Å². The average molecular weight is 299 g/mol. The Balaban J connectivity index is 2.30. The van der Waals surface area contributed by atoms with E-state index in [4.69, 9.17) is 0 Å². The fourth-order valence-corrected chi connectivity index (χ4v) is 2.28. The zero-order valence-electron chi connectivity index (χ0n) is 13.4. The minimum Gasteiger partial charge on any atom is -0.378 e. The Hall–Kier alpha value is -2.56. The van der Waals surface area contributed by atoms with Crippen LogP contribution in [0.5, 0.6) is 0 Å². The highest BCUT2D eigenvalue weighted by atomic mass is 16.6. The molecular formula is C17H21N3O2. The third-order valence-electron chi connectivity index (χ3n) is 3.63. The lowest BCUT2D eigenvalue weighted by molar-refractivity contribution is -0.385. The SMILES string of the molecule is CN(C)c1ccc(Cc2ccc(N(C)C)cc2[N+](=O)[O-])cc1. The van der Waals surface area contributed by atoms with Crippen molar-refractivity contribution in [2.45, 2.75) is 6.42 Å². The van der Waals surface area contributed by atoms with E-state index in [1.165, 1.54) is 0 Å². The number of anilines is 2. The van der Waals surface area contributed by atoms with E-state index in [0.717, 1.165) is 22.5 Å². The van der Waals surface area contributed by atoms with Gasteiger partial charge in [0.1, 0.15) is 0 Å². The van der Waals surface area contributed by atoms with E-state index >= 15 is 0 Å². The van der Waals surface area contributed by atoms with E-state index < -0.39 is 0 Å². The molecule has 5 nitrogen and oxygen atoms in total. The Bertz CT molecular complexity index is 664. The summed E-state index contributed by atoms with van der Waals surface area (Å²) in [5, 5.41) is 11.3. The smallest absolute Gasteiger partial charge is 0.274 e. The number of nitro groups is 1. The van der Waals surface area contributed by atoms with E-state index in [9.17, 15) is 10.1 Å². The number of hydrogen-bond acceptors (Lipinski definition) is 4. The van der Waals surface area contributed by atoms with Crippen molar-refractivity contribution in [3.8, 4) is 0 Å². The third-order valence-corrected chi connectivity index (χ3v) is 3.63. The van der Waals surface area contributed by atoms with Crippen molar-refractivity contribution in [3.05, 3.63) is 63.7 Å². The first kappa shape index (κ1) is 15.8. The van der Waals surface area contributed by atoms with Gasteiger partial charge >= 0.3 is 0 Å². The molecule has 0 bridgehead atoms. The van der Waals surface area contributed by atoms with Gasteiger partial charge in [-0.3, -0.25) is 10.1 Å². The van der Waals surface area contributed by atoms with Gasteiger partial charge < -0.3 is 9.80 Å². The van der Waals surface area contributed by atoms with Crippen molar-refractivity contribution >= 4 is 17.1 Å². The molecule has 5 heteroatoms. The van der Waals surface area contributed by atoms with Crippen molar-refractivity contribution in [1.82, 2.24) is 0 Å². The van der Waals surface area contributed by atoms with Crippen molar-refractivity contribution in [3.63, 3.8) is 0 Å². The molecule has 0 fully saturated rings. The van der Waals surface area contributed by atoms with Crippen molar-refractivity contribution < 1.29 is 4.92 Å². The second kappa shape index (κ2) is 6.47. The highest BCUT2D eigenvalue weighted by Crippen LogP contribution is 2.27. The second-order valence-corrected chi connectivity index (χ2v) is 5.70. The van der Waals surface area contributed by atoms with Crippen LogP contribution in [-0.4, -0.2) is 33.1 Å². The standard InChI is InChI=1S/C17H21N3O2/c1-18(2)15-8-5-13(6-9-15)11-14-7-10-16(19(3)4)12-17(14)20(21)22/h5-10,12H,11H2,1-4H3. The lowest BCUT2D eigenvalue weighted by Gasteiger charge is -2.14. The molecule has 0 amide bonds. The fourth-order valence-electron chi connectivity index (χ4n) is 2.28. The van der Waals surface area contributed by atoms with Crippen LogP contribution in [0.15, 0.2) is 42.5 Å². The molecule has 0 heterocycles. The molecule has 0 spiro atoms. The van der Waals surface area contributed by atoms with E-state index in [-0.39, 0.29) is 10.6 Å². The van der Waals surface area contributed by atoms with Gasteiger partial charge in [-0.2, -0.15) is 0 Å². The second-order valence-electron chi connectivity index (χ2n) is 5.70. The third kappa shape index (κ3) is 3.55. The first-order chi connectivity index (χ1) is 10.4. The van der Waals surface area contributed by atoms with Crippen LogP contribution in [0, 0.1) is 10.1 Å². The molecule has 0 unspecified atom stereocenters. The van der Waals surface area contributed by atoms with E-state index in [1.54, 1.807) is 6.07 Å². The summed E-state index contributed by atoms with van der Waals surface area (Å²) in [5.74, 6) is 0. The van der Waals surface area contributed by atoms with Gasteiger partial charge in [-0.15, -0.1) is 0 Å². The van der Waals surface area contributed by atoms with Gasteiger partial charge in [-0.1, -0.05) is 12.1 Å². The summed E-state index contributed by atoms with van der Waals surface area (Å²) < 4.78 is 0. The summed E-state index contributed by atoms with van der Waals surface area (Å²) in [5.41, 5.74) is 3.90. The molecule has 116 valence electrons. The normalized spacial score (nSPS) is 10.4. The van der Waals surface area contributed by atoms with Crippen molar-refractivity contribution in [2.24, 2.45) is 0 Å². The highest BCUT2D eigenvalue weighted by Gasteiger charge is 2.15. The number of nitrogens with zero attached hydrogens (tertiary/aromatic N) is 3. The van der Waals surface area contributed by atoms with Gasteiger partial charge in [0.25, 0.3) is 5.69 Å². The maximum atomic E-state index is 11.3. The van der Waals surface area contributed by atoms with Crippen LogP contribution < -0.4 is 9.80 Å². The zero-order chi connectivity index (χ0) is 16.3. The molecule has 22 heavy (non-hydrogen) atoms. The monoisotopic (exact) mass is 299 g/mol. The largest absolute Gasteiger partial charge is 0.378 e. The maximum absolute atomic E-state index is 11.3. The van der Waals surface area contributed by atoms with Gasteiger partial charge in [-0.05, 0) is 29.8 Å². The molecule has 2 aromatic rings. The molecule has 0 saturated carbocycles. The van der Waals surface area contributed by atoms with Crippen molar-refractivity contribution in [2.75, 3.05) is 38.0 Å². The Morgan fingerprint density at radius 2 is 1.45 bits per heavy atom. The quantitative estimate of drug-likeness (QED) is 0.628. The first-order valence-corrected chi connectivity index (χ1v) is 7.09. The van der Waals surface area contributed by atoms with Crippen LogP contribution in [0.3, 0.4) is 0 Å². The molecule has 2 rings (SSSR count). The number of nitro benzene ring substituents is 1. The molecule has 2 aromatic carbocycles. The molecule has 0 aliphatic rings. The van der Waals surface area contributed by atoms with Crippen LogP contribution >= 0.6 is 0 Å². The van der Waals surface area contributed by atoms with Crippen molar-refractivity contribution in [1.29, 1.82) is 0 Å². The topological polar surface area (TPSA) is 49.6 Å². The fraction of sp³-hybridized carbons (Fsp3) is 0.294. The summed E-state index contributed by atoms with van der Waals surface area (Å²) >= 11 is 0. The maximum Gasteiger partial charge on any atom is 0.274 e. The molecule has 0 aliphatic carbocycles. The lowest BCUT2D eigenvalue weighted by Crippen LogP contribution is -2.09. The summed E-state index contributed by atoms with van der Waals surface area (Å²) in [4.78, 5) is 14.9. The van der Waals surface area contributed by atoms with Gasteiger partial charge in [0.15, 0.2) is 0 Å². The zero-order valence-corrected chi connectivity index (χ0v) is 13.4. The van der Waals surface area contributed by atoms with E-state index in [0.29, 0.717) is 6.42 Å². The Labute approximate surface area is 130 Å². The summed E-state index contributed by atoms with van der Waals surface area (Å²) in [6.07, 6.45) is 0.553. The van der Waals surface area contributed by atoms with Gasteiger partial charge in [-0.25, -0.2) is 0 Å². The average Bonchev–Trinajstić information content (AvgIpc) is 2.47. The van der Waals surface area contributed by atoms with Crippen LogP contribution in [0.1, 0.15) is 11.1 Å². The summed E-state index contributed by atoms with van der Waals surface area (Å²) in [6.45, 7) is 0. The van der Waals surface area contributed by atoms with E-state index in [1.807, 2.05) is 74.4 Å². The number of hydrogen-bond donors (Lipinski definition) is 0. The molecule has 0 N–H and O–H groups in total. The van der Waals surface area contributed by atoms with Crippen LogP contribution in [0.4, 0.5) is 17.1 Å². The van der Waals surface area contributed by atoms with Gasteiger partial charge in [0, 0.05) is 57.6 Å². The summed E-state index contributed by atoms with van der Waals surface area (Å²) in [7, 11) is 7.72. The number of benzene rings is 2. The van der Waals surface area contributed by atoms with Gasteiger partial charge in [0.05, 0.1) is 4.92 Å². The van der Waals surface area contributed by atoms with E-state index in [2.05, 4.69) is 0 Å². The predicted octanol–water partition coefficient (Wildman–Crippen LogP) is 3.32. The number of rotatable bonds is 5. The van der Waals surface area contributed by atoms with Crippen LogP contribution in [0.25, 0.3) is 0 Å².